The van der Waals surface area contributed by atoms with E-state index in [1.807, 2.05) is 55.5 Å². The van der Waals surface area contributed by atoms with Crippen molar-refractivity contribution in [1.82, 2.24) is 10.2 Å². The van der Waals surface area contributed by atoms with E-state index in [0.29, 0.717) is 13.2 Å². The minimum atomic E-state index is 0.666. The summed E-state index contributed by atoms with van der Waals surface area (Å²) in [7, 11) is 0. The Morgan fingerprint density at radius 3 is 2.65 bits per heavy atom. The minimum absolute atomic E-state index is 0.666. The maximum atomic E-state index is 5.51. The summed E-state index contributed by atoms with van der Waals surface area (Å²) < 4.78 is 5.51. The van der Waals surface area contributed by atoms with Gasteiger partial charge in [-0.15, -0.1) is 10.2 Å². The van der Waals surface area contributed by atoms with E-state index in [4.69, 9.17) is 4.74 Å². The number of rotatable bonds is 6. The molecule has 0 bridgehead atoms. The van der Waals surface area contributed by atoms with Crippen LogP contribution in [0, 0.1) is 6.92 Å². The summed E-state index contributed by atoms with van der Waals surface area (Å²) in [5, 5.41) is 13.9. The highest BCUT2D eigenvalue weighted by Gasteiger charge is 2.07. The van der Waals surface area contributed by atoms with E-state index >= 15 is 0 Å². The van der Waals surface area contributed by atoms with Crippen LogP contribution in [0.4, 0.5) is 5.69 Å². The summed E-state index contributed by atoms with van der Waals surface area (Å²) in [6.07, 6.45) is 0. The zero-order valence-corrected chi connectivity index (χ0v) is 14.1. The molecule has 0 spiro atoms. The van der Waals surface area contributed by atoms with E-state index in [0.717, 1.165) is 32.6 Å². The van der Waals surface area contributed by atoms with Gasteiger partial charge in [0, 0.05) is 11.3 Å². The molecule has 0 saturated heterocycles. The van der Waals surface area contributed by atoms with Crippen LogP contribution >= 0.6 is 11.3 Å². The van der Waals surface area contributed by atoms with Crippen LogP contribution < -0.4 is 10.1 Å². The lowest BCUT2D eigenvalue weighted by molar-refractivity contribution is 0.340. The normalized spacial score (nSPS) is 10.5. The van der Waals surface area contributed by atoms with Crippen LogP contribution in [0.5, 0.6) is 5.75 Å². The molecule has 1 aromatic heterocycles. The van der Waals surface area contributed by atoms with Crippen LogP contribution in [0.2, 0.25) is 0 Å². The van der Waals surface area contributed by atoms with Gasteiger partial charge in [-0.25, -0.2) is 0 Å². The number of nitrogens with one attached hydrogen (secondary N) is 1. The molecule has 0 amide bonds. The third-order valence-electron chi connectivity index (χ3n) is 3.43. The van der Waals surface area contributed by atoms with E-state index in [1.165, 1.54) is 0 Å². The van der Waals surface area contributed by atoms with Crippen molar-refractivity contribution in [2.45, 2.75) is 20.4 Å². The predicted octanol–water partition coefficient (Wildman–Crippen LogP) is 4.52. The number of nitrogens with zero attached hydrogens (tertiary/aromatic N) is 2. The molecular weight excluding hydrogens is 306 g/mol. The number of hydrogen-bond donors (Lipinski definition) is 1. The lowest BCUT2D eigenvalue weighted by atomic mass is 10.2. The average molecular weight is 325 g/mol. The number of benzene rings is 2. The molecule has 118 valence electrons. The number of hydrogen-bond acceptors (Lipinski definition) is 5. The van der Waals surface area contributed by atoms with E-state index in [1.54, 1.807) is 11.3 Å². The van der Waals surface area contributed by atoms with Gasteiger partial charge in [-0.3, -0.25) is 0 Å². The van der Waals surface area contributed by atoms with Gasteiger partial charge in [-0.1, -0.05) is 41.7 Å². The lowest BCUT2D eigenvalue weighted by Crippen LogP contribution is -2.01. The maximum absolute atomic E-state index is 5.51. The molecule has 3 rings (SSSR count). The van der Waals surface area contributed by atoms with Gasteiger partial charge in [0.15, 0.2) is 0 Å². The first-order valence-corrected chi connectivity index (χ1v) is 8.43. The Morgan fingerprint density at radius 2 is 1.91 bits per heavy atom. The second-order valence-corrected chi connectivity index (χ2v) is 6.19. The van der Waals surface area contributed by atoms with E-state index in [2.05, 4.69) is 22.4 Å². The fraction of sp³-hybridized carbons (Fsp3) is 0.222. The summed E-state index contributed by atoms with van der Waals surface area (Å²) in [6.45, 7) is 5.40. The van der Waals surface area contributed by atoms with Crippen molar-refractivity contribution >= 4 is 17.0 Å². The first-order chi connectivity index (χ1) is 11.3. The second-order valence-electron chi connectivity index (χ2n) is 5.13. The largest absolute Gasteiger partial charge is 0.494 e. The zero-order chi connectivity index (χ0) is 16.1. The Kier molecular flexibility index (Phi) is 4.88. The smallest absolute Gasteiger partial charge is 0.147 e. The van der Waals surface area contributed by atoms with Crippen molar-refractivity contribution in [2.75, 3.05) is 11.9 Å². The molecule has 2 aromatic carbocycles. The van der Waals surface area contributed by atoms with E-state index < -0.39 is 0 Å². The summed E-state index contributed by atoms with van der Waals surface area (Å²) in [5.41, 5.74) is 3.35. The fourth-order valence-corrected chi connectivity index (χ4v) is 3.07. The molecule has 0 saturated carbocycles. The van der Waals surface area contributed by atoms with Crippen molar-refractivity contribution in [1.29, 1.82) is 0 Å². The topological polar surface area (TPSA) is 47.0 Å². The Hall–Kier alpha value is -2.40. The van der Waals surface area contributed by atoms with Gasteiger partial charge in [0.05, 0.1) is 13.2 Å². The van der Waals surface area contributed by atoms with E-state index in [9.17, 15) is 0 Å². The molecule has 5 heteroatoms. The molecule has 0 aliphatic rings. The second kappa shape index (κ2) is 7.24. The van der Waals surface area contributed by atoms with Gasteiger partial charge in [0.25, 0.3) is 0 Å². The Morgan fingerprint density at radius 1 is 1.09 bits per heavy atom. The highest BCUT2D eigenvalue weighted by atomic mass is 32.1. The Bertz CT molecular complexity index is 771. The molecule has 0 fully saturated rings. The first-order valence-electron chi connectivity index (χ1n) is 7.61. The molecular formula is C18H19N3OS. The SMILES string of the molecule is CCOc1ccc(NCc2nnc(-c3ccccc3)s2)c(C)c1. The van der Waals surface area contributed by atoms with Crippen molar-refractivity contribution < 1.29 is 4.74 Å². The van der Waals surface area contributed by atoms with Crippen LogP contribution in [-0.4, -0.2) is 16.8 Å². The molecule has 1 N–H and O–H groups in total. The molecule has 4 nitrogen and oxygen atoms in total. The summed E-state index contributed by atoms with van der Waals surface area (Å²) in [5.74, 6) is 0.901. The lowest BCUT2D eigenvalue weighted by Gasteiger charge is -2.10. The Labute approximate surface area is 140 Å². The number of aromatic nitrogens is 2. The fourth-order valence-electron chi connectivity index (χ4n) is 2.28. The van der Waals surface area contributed by atoms with Gasteiger partial charge in [-0.2, -0.15) is 0 Å². The van der Waals surface area contributed by atoms with Crippen LogP contribution in [0.1, 0.15) is 17.5 Å². The third-order valence-corrected chi connectivity index (χ3v) is 4.40. The molecule has 0 radical (unpaired) electrons. The summed E-state index contributed by atoms with van der Waals surface area (Å²) >= 11 is 1.61. The zero-order valence-electron chi connectivity index (χ0n) is 13.2. The van der Waals surface area contributed by atoms with Gasteiger partial charge in [0.2, 0.25) is 0 Å². The van der Waals surface area contributed by atoms with Crippen molar-refractivity contribution in [3.8, 4) is 16.3 Å². The molecule has 0 unspecified atom stereocenters. The third kappa shape index (κ3) is 3.87. The quantitative estimate of drug-likeness (QED) is 0.723. The van der Waals surface area contributed by atoms with Crippen LogP contribution in [0.15, 0.2) is 48.5 Å². The standard InChI is InChI=1S/C18H19N3OS/c1-3-22-15-9-10-16(13(2)11-15)19-12-17-20-21-18(23-17)14-7-5-4-6-8-14/h4-11,19H,3,12H2,1-2H3. The highest BCUT2D eigenvalue weighted by molar-refractivity contribution is 7.14. The number of ether oxygens (including phenoxy) is 1. The molecule has 3 aromatic rings. The van der Waals surface area contributed by atoms with Crippen molar-refractivity contribution in [3.05, 3.63) is 59.1 Å². The molecule has 0 atom stereocenters. The van der Waals surface area contributed by atoms with Crippen LogP contribution in [0.3, 0.4) is 0 Å². The number of aryl methyl sites for hydroxylation is 1. The monoisotopic (exact) mass is 325 g/mol. The number of anilines is 1. The van der Waals surface area contributed by atoms with Crippen molar-refractivity contribution in [2.24, 2.45) is 0 Å². The predicted molar refractivity (Wildman–Crippen MR) is 95.0 cm³/mol. The van der Waals surface area contributed by atoms with Crippen LogP contribution in [-0.2, 0) is 6.54 Å². The van der Waals surface area contributed by atoms with Gasteiger partial charge in [0.1, 0.15) is 15.8 Å². The van der Waals surface area contributed by atoms with Gasteiger partial charge >= 0.3 is 0 Å². The summed E-state index contributed by atoms with van der Waals surface area (Å²) in [4.78, 5) is 0. The highest BCUT2D eigenvalue weighted by Crippen LogP contribution is 2.25. The maximum Gasteiger partial charge on any atom is 0.147 e. The summed E-state index contributed by atoms with van der Waals surface area (Å²) in [6, 6.07) is 16.2. The molecule has 23 heavy (non-hydrogen) atoms. The van der Waals surface area contributed by atoms with Crippen LogP contribution in [0.25, 0.3) is 10.6 Å². The minimum Gasteiger partial charge on any atom is -0.494 e. The molecule has 0 aliphatic heterocycles. The first kappa shape index (κ1) is 15.5. The van der Waals surface area contributed by atoms with Crippen molar-refractivity contribution in [3.63, 3.8) is 0 Å². The van der Waals surface area contributed by atoms with Gasteiger partial charge < -0.3 is 10.1 Å². The average Bonchev–Trinajstić information content (AvgIpc) is 3.04. The van der Waals surface area contributed by atoms with Gasteiger partial charge in [-0.05, 0) is 37.6 Å². The Balaban J connectivity index is 1.66. The molecule has 1 heterocycles. The molecule has 0 aliphatic carbocycles. The van der Waals surface area contributed by atoms with E-state index in [-0.39, 0.29) is 0 Å².